The Bertz CT molecular complexity index is 251. The summed E-state index contributed by atoms with van der Waals surface area (Å²) < 4.78 is 5.43. The van der Waals surface area contributed by atoms with Crippen LogP contribution in [0.1, 0.15) is 13.3 Å². The van der Waals surface area contributed by atoms with Crippen LogP contribution in [0.3, 0.4) is 0 Å². The molecule has 0 spiro atoms. The van der Waals surface area contributed by atoms with Gasteiger partial charge in [-0.3, -0.25) is 0 Å². The predicted octanol–water partition coefficient (Wildman–Crippen LogP) is 2.88. The molecule has 0 fully saturated rings. The van der Waals surface area contributed by atoms with Crippen LogP contribution in [0.4, 0.5) is 0 Å². The molecule has 1 aromatic rings. The van der Waals surface area contributed by atoms with E-state index in [-0.39, 0.29) is 18.4 Å². The highest BCUT2D eigenvalue weighted by molar-refractivity contribution is 6.30. The number of rotatable bonds is 4. The van der Waals surface area contributed by atoms with E-state index in [1.54, 1.807) is 12.1 Å². The summed E-state index contributed by atoms with van der Waals surface area (Å²) in [6, 6.07) is 7.38. The van der Waals surface area contributed by atoms with Crippen LogP contribution in [0.25, 0.3) is 0 Å². The van der Waals surface area contributed by atoms with Gasteiger partial charge < -0.3 is 10.5 Å². The third-order valence-corrected chi connectivity index (χ3v) is 2.05. The predicted molar refractivity (Wildman–Crippen MR) is 62.5 cm³/mol. The highest BCUT2D eigenvalue weighted by Crippen LogP contribution is 2.15. The van der Waals surface area contributed by atoms with Gasteiger partial charge in [-0.05, 0) is 30.7 Å². The monoisotopic (exact) mass is 235 g/mol. The second kappa shape index (κ2) is 6.93. The van der Waals surface area contributed by atoms with Gasteiger partial charge in [0.15, 0.2) is 0 Å². The molecule has 0 heterocycles. The Morgan fingerprint density at radius 1 is 1.36 bits per heavy atom. The summed E-state index contributed by atoms with van der Waals surface area (Å²) in [4.78, 5) is 0. The molecule has 80 valence electrons. The molecule has 1 atom stereocenters. The van der Waals surface area contributed by atoms with Crippen molar-refractivity contribution in [2.24, 2.45) is 5.73 Å². The highest BCUT2D eigenvalue weighted by atomic mass is 35.5. The molecule has 0 saturated heterocycles. The molecule has 2 N–H and O–H groups in total. The largest absolute Gasteiger partial charge is 0.492 e. The maximum atomic E-state index is 5.72. The van der Waals surface area contributed by atoms with Crippen LogP contribution in [0.15, 0.2) is 24.3 Å². The maximum absolute atomic E-state index is 5.72. The first-order valence-corrected chi connectivity index (χ1v) is 4.74. The minimum absolute atomic E-state index is 0. The number of hydrogen-bond donors (Lipinski definition) is 1. The van der Waals surface area contributed by atoms with Gasteiger partial charge in [-0.1, -0.05) is 18.5 Å². The van der Waals surface area contributed by atoms with Gasteiger partial charge in [0.1, 0.15) is 12.4 Å². The third-order valence-electron chi connectivity index (χ3n) is 1.80. The Balaban J connectivity index is 0.00000169. The van der Waals surface area contributed by atoms with Gasteiger partial charge in [-0.15, -0.1) is 12.4 Å². The number of nitrogens with two attached hydrogens (primary N) is 1. The number of halogens is 2. The fraction of sp³-hybridized carbons (Fsp3) is 0.400. The van der Waals surface area contributed by atoms with E-state index in [1.807, 2.05) is 19.1 Å². The van der Waals surface area contributed by atoms with Crippen LogP contribution in [-0.4, -0.2) is 12.6 Å². The molecule has 0 amide bonds. The number of hydrogen-bond acceptors (Lipinski definition) is 2. The normalized spacial score (nSPS) is 11.6. The van der Waals surface area contributed by atoms with Crippen molar-refractivity contribution in [2.45, 2.75) is 19.4 Å². The maximum Gasteiger partial charge on any atom is 0.119 e. The summed E-state index contributed by atoms with van der Waals surface area (Å²) in [6.45, 7) is 2.59. The smallest absolute Gasteiger partial charge is 0.119 e. The zero-order valence-electron chi connectivity index (χ0n) is 8.07. The summed E-state index contributed by atoms with van der Waals surface area (Å²) in [5.74, 6) is 0.813. The van der Waals surface area contributed by atoms with E-state index < -0.39 is 0 Å². The van der Waals surface area contributed by atoms with E-state index in [9.17, 15) is 0 Å². The first kappa shape index (κ1) is 13.6. The molecular formula is C10H15Cl2NO. The lowest BCUT2D eigenvalue weighted by Crippen LogP contribution is -2.26. The van der Waals surface area contributed by atoms with Crippen molar-refractivity contribution in [3.63, 3.8) is 0 Å². The Morgan fingerprint density at radius 3 is 2.43 bits per heavy atom. The second-order valence-corrected chi connectivity index (χ2v) is 3.37. The van der Waals surface area contributed by atoms with E-state index in [0.29, 0.717) is 11.6 Å². The molecule has 0 aromatic heterocycles. The minimum Gasteiger partial charge on any atom is -0.492 e. The molecule has 1 aromatic carbocycles. The summed E-state index contributed by atoms with van der Waals surface area (Å²) >= 11 is 5.72. The quantitative estimate of drug-likeness (QED) is 0.872. The Morgan fingerprint density at radius 2 is 1.93 bits per heavy atom. The molecule has 2 nitrogen and oxygen atoms in total. The van der Waals surface area contributed by atoms with Crippen LogP contribution in [0, 0.1) is 0 Å². The third kappa shape index (κ3) is 4.70. The van der Waals surface area contributed by atoms with Crippen molar-refractivity contribution >= 4 is 24.0 Å². The first-order valence-electron chi connectivity index (χ1n) is 4.36. The summed E-state index contributed by atoms with van der Waals surface area (Å²) in [5, 5.41) is 0.715. The highest BCUT2D eigenvalue weighted by Gasteiger charge is 1.99. The van der Waals surface area contributed by atoms with Crippen molar-refractivity contribution in [1.82, 2.24) is 0 Å². The van der Waals surface area contributed by atoms with Crippen molar-refractivity contribution in [2.75, 3.05) is 6.61 Å². The second-order valence-electron chi connectivity index (χ2n) is 2.93. The van der Waals surface area contributed by atoms with Crippen LogP contribution < -0.4 is 10.5 Å². The van der Waals surface area contributed by atoms with Gasteiger partial charge in [0.05, 0.1) is 0 Å². The van der Waals surface area contributed by atoms with E-state index in [2.05, 4.69) is 0 Å². The summed E-state index contributed by atoms with van der Waals surface area (Å²) in [6.07, 6.45) is 0.924. The molecule has 1 rings (SSSR count). The van der Waals surface area contributed by atoms with E-state index >= 15 is 0 Å². The molecule has 0 aliphatic rings. The Labute approximate surface area is 95.8 Å². The zero-order valence-corrected chi connectivity index (χ0v) is 9.65. The summed E-state index contributed by atoms with van der Waals surface area (Å²) in [5.41, 5.74) is 5.70. The van der Waals surface area contributed by atoms with Crippen molar-refractivity contribution < 1.29 is 4.74 Å². The summed E-state index contributed by atoms with van der Waals surface area (Å²) in [7, 11) is 0. The average molecular weight is 236 g/mol. The molecule has 0 saturated carbocycles. The lowest BCUT2D eigenvalue weighted by molar-refractivity contribution is 0.285. The number of benzene rings is 1. The fourth-order valence-electron chi connectivity index (χ4n) is 0.852. The molecule has 0 aliphatic carbocycles. The van der Waals surface area contributed by atoms with Crippen LogP contribution in [0.2, 0.25) is 5.02 Å². The topological polar surface area (TPSA) is 35.2 Å². The average Bonchev–Trinajstić information content (AvgIpc) is 2.16. The Hall–Kier alpha value is -0.440. The molecular weight excluding hydrogens is 221 g/mol. The van der Waals surface area contributed by atoms with Gasteiger partial charge >= 0.3 is 0 Å². The molecule has 14 heavy (non-hydrogen) atoms. The van der Waals surface area contributed by atoms with Crippen molar-refractivity contribution in [3.05, 3.63) is 29.3 Å². The van der Waals surface area contributed by atoms with E-state index in [0.717, 1.165) is 12.2 Å². The minimum atomic E-state index is 0. The van der Waals surface area contributed by atoms with Gasteiger partial charge in [0.2, 0.25) is 0 Å². The van der Waals surface area contributed by atoms with Crippen LogP contribution >= 0.6 is 24.0 Å². The zero-order chi connectivity index (χ0) is 9.68. The van der Waals surface area contributed by atoms with Gasteiger partial charge in [0, 0.05) is 11.1 Å². The van der Waals surface area contributed by atoms with Crippen molar-refractivity contribution in [1.29, 1.82) is 0 Å². The fourth-order valence-corrected chi connectivity index (χ4v) is 0.978. The first-order chi connectivity index (χ1) is 6.22. The van der Waals surface area contributed by atoms with E-state index in [4.69, 9.17) is 22.1 Å². The Kier molecular flexibility index (Phi) is 6.71. The molecule has 1 unspecified atom stereocenters. The van der Waals surface area contributed by atoms with Gasteiger partial charge in [-0.25, -0.2) is 0 Å². The van der Waals surface area contributed by atoms with Gasteiger partial charge in [-0.2, -0.15) is 0 Å². The standard InChI is InChI=1S/C10H14ClNO.ClH/c1-2-9(12)7-13-10-5-3-8(11)4-6-10;/h3-6,9H,2,7,12H2,1H3;1H. The molecule has 4 heteroatoms. The lowest BCUT2D eigenvalue weighted by atomic mass is 10.2. The van der Waals surface area contributed by atoms with Crippen LogP contribution in [-0.2, 0) is 0 Å². The van der Waals surface area contributed by atoms with Gasteiger partial charge in [0.25, 0.3) is 0 Å². The SMILES string of the molecule is CCC(N)COc1ccc(Cl)cc1.Cl. The number of ether oxygens (including phenoxy) is 1. The molecule has 0 radical (unpaired) electrons. The molecule has 0 bridgehead atoms. The van der Waals surface area contributed by atoms with Crippen molar-refractivity contribution in [3.8, 4) is 5.75 Å². The van der Waals surface area contributed by atoms with E-state index in [1.165, 1.54) is 0 Å². The molecule has 0 aliphatic heterocycles. The lowest BCUT2D eigenvalue weighted by Gasteiger charge is -2.10. The van der Waals surface area contributed by atoms with Crippen LogP contribution in [0.5, 0.6) is 5.75 Å².